The van der Waals surface area contributed by atoms with Crippen LogP contribution in [-0.2, 0) is 12.7 Å². The summed E-state index contributed by atoms with van der Waals surface area (Å²) in [6.45, 7) is 0.192. The summed E-state index contributed by atoms with van der Waals surface area (Å²) in [7, 11) is 0. The Morgan fingerprint density at radius 3 is 2.32 bits per heavy atom. The largest absolute Gasteiger partial charge is 0.467 e. The third-order valence-electron chi connectivity index (χ3n) is 6.75. The third kappa shape index (κ3) is 4.71. The van der Waals surface area contributed by atoms with Crippen molar-refractivity contribution >= 4 is 17.6 Å². The second-order valence-corrected chi connectivity index (χ2v) is 8.99. The molecule has 5 rings (SSSR count). The van der Waals surface area contributed by atoms with Crippen LogP contribution in [0, 0.1) is 5.82 Å². The standard InChI is InChI=1S/C27H23F4N3O3/c28-21-10-4-1-7-18(21)17-34-24(35)19-8-2-6-12-23(19)37-26(34)13-15-33(16-14-26)25(36)32-22-11-5-3-9-20(22)27(29,30)31/h1-12H,13-17H2,(H,32,36). The number of para-hydroxylation sites is 2. The first-order valence-electron chi connectivity index (χ1n) is 11.7. The van der Waals surface area contributed by atoms with Crippen LogP contribution in [0.4, 0.5) is 28.0 Å². The summed E-state index contributed by atoms with van der Waals surface area (Å²) in [6, 6.07) is 17.0. The van der Waals surface area contributed by atoms with E-state index in [0.717, 1.165) is 6.07 Å². The Balaban J connectivity index is 1.38. The molecule has 2 aliphatic rings. The number of anilines is 1. The number of likely N-dealkylation sites (tertiary alicyclic amines) is 1. The van der Waals surface area contributed by atoms with Gasteiger partial charge in [0.05, 0.1) is 23.4 Å². The maximum Gasteiger partial charge on any atom is 0.418 e. The molecule has 3 aromatic carbocycles. The van der Waals surface area contributed by atoms with Crippen LogP contribution in [0.25, 0.3) is 0 Å². The molecular weight excluding hydrogens is 490 g/mol. The van der Waals surface area contributed by atoms with Crippen LogP contribution >= 0.6 is 0 Å². The molecule has 0 aromatic heterocycles. The zero-order valence-corrected chi connectivity index (χ0v) is 19.6. The molecule has 1 saturated heterocycles. The van der Waals surface area contributed by atoms with Crippen LogP contribution in [0.1, 0.15) is 34.3 Å². The van der Waals surface area contributed by atoms with Gasteiger partial charge in [0.1, 0.15) is 11.6 Å². The highest BCUT2D eigenvalue weighted by molar-refractivity contribution is 5.98. The van der Waals surface area contributed by atoms with Crippen molar-refractivity contribution in [2.45, 2.75) is 31.3 Å². The lowest BCUT2D eigenvalue weighted by Crippen LogP contribution is -2.63. The van der Waals surface area contributed by atoms with E-state index in [0.29, 0.717) is 16.9 Å². The summed E-state index contributed by atoms with van der Waals surface area (Å²) < 4.78 is 60.9. The fourth-order valence-electron chi connectivity index (χ4n) is 4.80. The minimum absolute atomic E-state index is 0.0367. The Morgan fingerprint density at radius 1 is 0.946 bits per heavy atom. The molecule has 3 aromatic rings. The quantitative estimate of drug-likeness (QED) is 0.444. The van der Waals surface area contributed by atoms with Crippen molar-refractivity contribution in [3.05, 3.63) is 95.3 Å². The smallest absolute Gasteiger partial charge is 0.418 e. The first-order chi connectivity index (χ1) is 17.7. The molecule has 2 heterocycles. The van der Waals surface area contributed by atoms with Crippen molar-refractivity contribution in [2.75, 3.05) is 18.4 Å². The number of nitrogens with zero attached hydrogens (tertiary/aromatic N) is 2. The molecule has 0 atom stereocenters. The van der Waals surface area contributed by atoms with Gasteiger partial charge in [-0.3, -0.25) is 9.69 Å². The lowest BCUT2D eigenvalue weighted by molar-refractivity contribution is -0.136. The number of amides is 3. The van der Waals surface area contributed by atoms with Gasteiger partial charge in [-0.25, -0.2) is 9.18 Å². The number of hydrogen-bond acceptors (Lipinski definition) is 3. The number of fused-ring (bicyclic) bond motifs is 1. The predicted octanol–water partition coefficient (Wildman–Crippen LogP) is 5.90. The van der Waals surface area contributed by atoms with E-state index >= 15 is 0 Å². The highest BCUT2D eigenvalue weighted by Gasteiger charge is 2.49. The molecule has 0 bridgehead atoms. The van der Waals surface area contributed by atoms with E-state index in [1.54, 1.807) is 42.5 Å². The topological polar surface area (TPSA) is 61.9 Å². The van der Waals surface area contributed by atoms with E-state index < -0.39 is 29.3 Å². The Labute approximate surface area is 210 Å². The highest BCUT2D eigenvalue weighted by atomic mass is 19.4. The number of rotatable bonds is 3. The SMILES string of the molecule is O=C(Nc1ccccc1C(F)(F)F)N1CCC2(CC1)Oc1ccccc1C(=O)N2Cc1ccccc1F. The summed E-state index contributed by atoms with van der Waals surface area (Å²) in [5.74, 6) is -0.374. The molecule has 10 heteroatoms. The highest BCUT2D eigenvalue weighted by Crippen LogP contribution is 2.41. The number of ether oxygens (including phenoxy) is 1. The Kier molecular flexibility index (Phi) is 6.26. The van der Waals surface area contributed by atoms with Crippen molar-refractivity contribution in [1.29, 1.82) is 0 Å². The normalized spacial score (nSPS) is 16.8. The Morgan fingerprint density at radius 2 is 1.59 bits per heavy atom. The number of urea groups is 1. The summed E-state index contributed by atoms with van der Waals surface area (Å²) in [5, 5.41) is 2.36. The molecule has 1 fully saturated rings. The molecule has 192 valence electrons. The van der Waals surface area contributed by atoms with Gasteiger partial charge in [0.25, 0.3) is 5.91 Å². The second kappa shape index (κ2) is 9.42. The van der Waals surface area contributed by atoms with Crippen LogP contribution in [0.2, 0.25) is 0 Å². The van der Waals surface area contributed by atoms with Crippen molar-refractivity contribution in [2.24, 2.45) is 0 Å². The van der Waals surface area contributed by atoms with E-state index in [9.17, 15) is 27.2 Å². The first kappa shape index (κ1) is 24.6. The monoisotopic (exact) mass is 513 g/mol. The van der Waals surface area contributed by atoms with Crippen molar-refractivity contribution in [1.82, 2.24) is 9.80 Å². The summed E-state index contributed by atoms with van der Waals surface area (Å²) in [5.41, 5.74) is -1.74. The zero-order chi connectivity index (χ0) is 26.2. The molecule has 1 N–H and O–H groups in total. The summed E-state index contributed by atoms with van der Waals surface area (Å²) >= 11 is 0. The number of nitrogens with one attached hydrogen (secondary N) is 1. The molecule has 6 nitrogen and oxygen atoms in total. The van der Waals surface area contributed by atoms with Crippen LogP contribution in [-0.4, -0.2) is 40.6 Å². The van der Waals surface area contributed by atoms with Crippen LogP contribution in [0.5, 0.6) is 5.75 Å². The Hall–Kier alpha value is -4.08. The lowest BCUT2D eigenvalue weighted by atomic mass is 9.93. The maximum absolute atomic E-state index is 14.5. The zero-order valence-electron chi connectivity index (χ0n) is 19.6. The molecule has 0 saturated carbocycles. The van der Waals surface area contributed by atoms with Crippen LogP contribution in [0.3, 0.4) is 0 Å². The fraction of sp³-hybridized carbons (Fsp3) is 0.259. The number of halogens is 4. The summed E-state index contributed by atoms with van der Waals surface area (Å²) in [4.78, 5) is 29.3. The van der Waals surface area contributed by atoms with Gasteiger partial charge in [0.2, 0.25) is 0 Å². The van der Waals surface area contributed by atoms with E-state index in [1.165, 1.54) is 34.1 Å². The molecule has 2 aliphatic heterocycles. The first-order valence-corrected chi connectivity index (χ1v) is 11.7. The number of hydrogen-bond donors (Lipinski definition) is 1. The molecule has 37 heavy (non-hydrogen) atoms. The number of alkyl halides is 3. The Bertz CT molecular complexity index is 1340. The van der Waals surface area contributed by atoms with Gasteiger partial charge in [-0.1, -0.05) is 42.5 Å². The van der Waals surface area contributed by atoms with Gasteiger partial charge < -0.3 is 15.0 Å². The number of carbonyl (C=O) groups is 2. The van der Waals surface area contributed by atoms with E-state index in [-0.39, 0.29) is 44.1 Å². The van der Waals surface area contributed by atoms with Crippen molar-refractivity contribution in [3.8, 4) is 5.75 Å². The van der Waals surface area contributed by atoms with Gasteiger partial charge in [0.15, 0.2) is 5.72 Å². The molecule has 0 aliphatic carbocycles. The molecule has 1 spiro atoms. The van der Waals surface area contributed by atoms with E-state index in [1.807, 2.05) is 0 Å². The third-order valence-corrected chi connectivity index (χ3v) is 6.75. The van der Waals surface area contributed by atoms with Crippen molar-refractivity contribution in [3.63, 3.8) is 0 Å². The van der Waals surface area contributed by atoms with Gasteiger partial charge in [-0.15, -0.1) is 0 Å². The van der Waals surface area contributed by atoms with Crippen molar-refractivity contribution < 1.29 is 31.9 Å². The second-order valence-electron chi connectivity index (χ2n) is 8.99. The average molecular weight is 513 g/mol. The molecular formula is C27H23F4N3O3. The molecule has 0 radical (unpaired) electrons. The minimum Gasteiger partial charge on any atom is -0.467 e. The lowest BCUT2D eigenvalue weighted by Gasteiger charge is -2.50. The van der Waals surface area contributed by atoms with Gasteiger partial charge in [0, 0.05) is 31.5 Å². The average Bonchev–Trinajstić information content (AvgIpc) is 2.88. The molecule has 0 unspecified atom stereocenters. The number of carbonyl (C=O) groups excluding carboxylic acids is 2. The predicted molar refractivity (Wildman–Crippen MR) is 127 cm³/mol. The minimum atomic E-state index is -4.62. The van der Waals surface area contributed by atoms with Crippen LogP contribution in [0.15, 0.2) is 72.8 Å². The van der Waals surface area contributed by atoms with Gasteiger partial charge in [-0.05, 0) is 30.3 Å². The fourth-order valence-corrected chi connectivity index (χ4v) is 4.80. The van der Waals surface area contributed by atoms with E-state index in [4.69, 9.17) is 4.74 Å². The summed E-state index contributed by atoms with van der Waals surface area (Å²) in [6.07, 6.45) is -4.24. The molecule has 3 amide bonds. The van der Waals surface area contributed by atoms with Gasteiger partial charge in [-0.2, -0.15) is 13.2 Å². The maximum atomic E-state index is 14.5. The number of benzene rings is 3. The van der Waals surface area contributed by atoms with Gasteiger partial charge >= 0.3 is 12.2 Å². The van der Waals surface area contributed by atoms with E-state index in [2.05, 4.69) is 5.32 Å². The number of piperidine rings is 1. The van der Waals surface area contributed by atoms with Crippen LogP contribution < -0.4 is 10.1 Å².